The molecule has 1 aliphatic rings. The van der Waals surface area contributed by atoms with Gasteiger partial charge in [0.15, 0.2) is 0 Å². The fourth-order valence-electron chi connectivity index (χ4n) is 2.13. The van der Waals surface area contributed by atoms with Gasteiger partial charge < -0.3 is 14.5 Å². The molecule has 0 aromatic carbocycles. The Hall–Kier alpha value is -2.65. The Labute approximate surface area is 126 Å². The van der Waals surface area contributed by atoms with Gasteiger partial charge in [0, 0.05) is 26.2 Å². The van der Waals surface area contributed by atoms with Crippen molar-refractivity contribution in [2.24, 2.45) is 0 Å². The van der Waals surface area contributed by atoms with Gasteiger partial charge in [-0.05, 0) is 6.92 Å². The van der Waals surface area contributed by atoms with Crippen LogP contribution < -0.4 is 0 Å². The molecular formula is C12H17N5O5. The quantitative estimate of drug-likeness (QED) is 0.575. The van der Waals surface area contributed by atoms with Gasteiger partial charge in [-0.1, -0.05) is 0 Å². The molecule has 1 saturated heterocycles. The van der Waals surface area contributed by atoms with Crippen LogP contribution in [0.2, 0.25) is 0 Å². The summed E-state index contributed by atoms with van der Waals surface area (Å²) in [6.07, 6.45) is 1.94. The van der Waals surface area contributed by atoms with Crippen LogP contribution in [0.4, 0.5) is 10.5 Å². The molecule has 1 aromatic rings. The van der Waals surface area contributed by atoms with Crippen LogP contribution in [-0.2, 0) is 16.1 Å². The average molecular weight is 311 g/mol. The molecule has 0 spiro atoms. The summed E-state index contributed by atoms with van der Waals surface area (Å²) in [6.45, 7) is 3.61. The van der Waals surface area contributed by atoms with Crippen molar-refractivity contribution in [1.82, 2.24) is 19.6 Å². The highest BCUT2D eigenvalue weighted by atomic mass is 16.6. The smallest absolute Gasteiger partial charge is 0.409 e. The van der Waals surface area contributed by atoms with Crippen LogP contribution in [0.15, 0.2) is 12.4 Å². The molecule has 0 atom stereocenters. The van der Waals surface area contributed by atoms with Gasteiger partial charge in [0.2, 0.25) is 5.91 Å². The monoisotopic (exact) mass is 311 g/mol. The summed E-state index contributed by atoms with van der Waals surface area (Å²) in [5, 5.41) is 14.3. The molecule has 1 fully saturated rings. The summed E-state index contributed by atoms with van der Waals surface area (Å²) in [5.41, 5.74) is -0.153. The van der Waals surface area contributed by atoms with Crippen LogP contribution in [0, 0.1) is 10.1 Å². The van der Waals surface area contributed by atoms with E-state index >= 15 is 0 Å². The van der Waals surface area contributed by atoms with Crippen LogP contribution in [0.1, 0.15) is 6.92 Å². The summed E-state index contributed by atoms with van der Waals surface area (Å²) in [4.78, 5) is 36.8. The fourth-order valence-corrected chi connectivity index (χ4v) is 2.13. The highest BCUT2D eigenvalue weighted by Crippen LogP contribution is 2.09. The SMILES string of the molecule is CCOC(=O)N1CCN(C(=O)Cn2cc([N+](=O)[O-])cn2)CC1. The number of amides is 2. The van der Waals surface area contributed by atoms with Crippen LogP contribution in [-0.4, -0.2) is 69.3 Å². The minimum absolute atomic E-state index is 0.0623. The number of carbonyl (C=O) groups is 2. The molecule has 1 aromatic heterocycles. The molecule has 2 rings (SSSR count). The van der Waals surface area contributed by atoms with E-state index in [1.807, 2.05) is 0 Å². The predicted octanol–water partition coefficient (Wildman–Crippen LogP) is 0.0920. The van der Waals surface area contributed by atoms with Gasteiger partial charge in [0.25, 0.3) is 0 Å². The number of nitro groups is 1. The van der Waals surface area contributed by atoms with Gasteiger partial charge in [-0.3, -0.25) is 19.6 Å². The number of nitrogens with zero attached hydrogens (tertiary/aromatic N) is 5. The summed E-state index contributed by atoms with van der Waals surface area (Å²) in [5.74, 6) is -0.193. The summed E-state index contributed by atoms with van der Waals surface area (Å²) in [6, 6.07) is 0. The number of aromatic nitrogens is 2. The third kappa shape index (κ3) is 3.71. The zero-order valence-corrected chi connectivity index (χ0v) is 12.2. The van der Waals surface area contributed by atoms with Gasteiger partial charge in [0.1, 0.15) is 18.9 Å². The first kappa shape index (κ1) is 15.7. The zero-order chi connectivity index (χ0) is 16.1. The van der Waals surface area contributed by atoms with Crippen LogP contribution >= 0.6 is 0 Å². The molecule has 0 N–H and O–H groups in total. The van der Waals surface area contributed by atoms with Crippen LogP contribution in [0.5, 0.6) is 0 Å². The number of piperazine rings is 1. The van der Waals surface area contributed by atoms with E-state index in [1.165, 1.54) is 10.9 Å². The lowest BCUT2D eigenvalue weighted by atomic mass is 10.3. The lowest BCUT2D eigenvalue weighted by Crippen LogP contribution is -2.51. The molecule has 120 valence electrons. The summed E-state index contributed by atoms with van der Waals surface area (Å²) in [7, 11) is 0. The first-order valence-corrected chi connectivity index (χ1v) is 6.87. The second-order valence-electron chi connectivity index (χ2n) is 4.72. The van der Waals surface area contributed by atoms with Crippen LogP contribution in [0.25, 0.3) is 0 Å². The normalized spacial score (nSPS) is 14.8. The summed E-state index contributed by atoms with van der Waals surface area (Å²) < 4.78 is 6.14. The number of carbonyl (C=O) groups excluding carboxylic acids is 2. The van der Waals surface area contributed by atoms with Crippen molar-refractivity contribution in [3.8, 4) is 0 Å². The minimum Gasteiger partial charge on any atom is -0.450 e. The van der Waals surface area contributed by atoms with E-state index in [9.17, 15) is 19.7 Å². The van der Waals surface area contributed by atoms with Crippen molar-refractivity contribution in [3.63, 3.8) is 0 Å². The molecule has 0 bridgehead atoms. The molecule has 10 heteroatoms. The maximum atomic E-state index is 12.1. The van der Waals surface area contributed by atoms with E-state index in [4.69, 9.17) is 4.74 Å². The Morgan fingerprint density at radius 1 is 1.32 bits per heavy atom. The van der Waals surface area contributed by atoms with E-state index in [-0.39, 0.29) is 24.2 Å². The third-order valence-corrected chi connectivity index (χ3v) is 3.29. The highest BCUT2D eigenvalue weighted by molar-refractivity contribution is 5.76. The van der Waals surface area contributed by atoms with E-state index in [0.717, 1.165) is 6.20 Å². The van der Waals surface area contributed by atoms with Gasteiger partial charge in [-0.25, -0.2) is 4.79 Å². The number of hydrogen-bond donors (Lipinski definition) is 0. The molecule has 22 heavy (non-hydrogen) atoms. The average Bonchev–Trinajstić information content (AvgIpc) is 2.96. The van der Waals surface area contributed by atoms with Crippen molar-refractivity contribution in [2.75, 3.05) is 32.8 Å². The van der Waals surface area contributed by atoms with E-state index in [2.05, 4.69) is 5.10 Å². The Kier molecular flexibility index (Phi) is 4.92. The van der Waals surface area contributed by atoms with Crippen molar-refractivity contribution < 1.29 is 19.2 Å². The van der Waals surface area contributed by atoms with E-state index in [0.29, 0.717) is 32.8 Å². The van der Waals surface area contributed by atoms with Crippen molar-refractivity contribution >= 4 is 17.7 Å². The van der Waals surface area contributed by atoms with Crippen molar-refractivity contribution in [3.05, 3.63) is 22.5 Å². The van der Waals surface area contributed by atoms with Gasteiger partial charge in [0.05, 0.1) is 11.5 Å². The maximum absolute atomic E-state index is 12.1. The first-order chi connectivity index (χ1) is 10.5. The van der Waals surface area contributed by atoms with E-state index < -0.39 is 4.92 Å². The van der Waals surface area contributed by atoms with Crippen molar-refractivity contribution in [2.45, 2.75) is 13.5 Å². The minimum atomic E-state index is -0.563. The van der Waals surface area contributed by atoms with Crippen LogP contribution in [0.3, 0.4) is 0 Å². The number of hydrogen-bond acceptors (Lipinski definition) is 6. The van der Waals surface area contributed by atoms with Gasteiger partial charge >= 0.3 is 11.8 Å². The lowest BCUT2D eigenvalue weighted by molar-refractivity contribution is -0.385. The Balaban J connectivity index is 1.84. The Morgan fingerprint density at radius 3 is 2.50 bits per heavy atom. The molecule has 1 aliphatic heterocycles. The Morgan fingerprint density at radius 2 is 1.95 bits per heavy atom. The molecule has 0 aliphatic carbocycles. The van der Waals surface area contributed by atoms with E-state index in [1.54, 1.807) is 16.7 Å². The topological polar surface area (TPSA) is 111 Å². The zero-order valence-electron chi connectivity index (χ0n) is 12.2. The largest absolute Gasteiger partial charge is 0.450 e. The molecule has 0 saturated carbocycles. The number of ether oxygens (including phenoxy) is 1. The van der Waals surface area contributed by atoms with Gasteiger partial charge in [-0.15, -0.1) is 0 Å². The summed E-state index contributed by atoms with van der Waals surface area (Å²) >= 11 is 0. The first-order valence-electron chi connectivity index (χ1n) is 6.87. The Bertz CT molecular complexity index is 564. The van der Waals surface area contributed by atoms with Crippen molar-refractivity contribution in [1.29, 1.82) is 0 Å². The predicted molar refractivity (Wildman–Crippen MR) is 74.1 cm³/mol. The number of rotatable bonds is 4. The molecule has 2 amide bonds. The maximum Gasteiger partial charge on any atom is 0.409 e. The fraction of sp³-hybridized carbons (Fsp3) is 0.583. The van der Waals surface area contributed by atoms with Gasteiger partial charge in [-0.2, -0.15) is 5.10 Å². The molecule has 0 radical (unpaired) electrons. The molecule has 2 heterocycles. The molecular weight excluding hydrogens is 294 g/mol. The third-order valence-electron chi connectivity index (χ3n) is 3.29. The lowest BCUT2D eigenvalue weighted by Gasteiger charge is -2.34. The standard InChI is InChI=1S/C12H17N5O5/c1-2-22-12(19)15-5-3-14(4-6-15)11(18)9-16-8-10(7-13-16)17(20)21/h7-8H,2-6,9H2,1H3. The highest BCUT2D eigenvalue weighted by Gasteiger charge is 2.25. The molecule has 0 unspecified atom stereocenters. The second kappa shape index (κ2) is 6.87. The second-order valence-corrected chi connectivity index (χ2v) is 4.72. The molecule has 10 nitrogen and oxygen atoms in total.